The zero-order valence-electron chi connectivity index (χ0n) is 16.5. The van der Waals surface area contributed by atoms with Gasteiger partial charge in [0.15, 0.2) is 0 Å². The normalized spacial score (nSPS) is 15.3. The maximum Gasteiger partial charge on any atom is 0.220 e. The number of hydrogen-bond acceptors (Lipinski definition) is 3. The van der Waals surface area contributed by atoms with Gasteiger partial charge in [-0.2, -0.15) is 0 Å². The molecule has 0 bridgehead atoms. The molecule has 1 heterocycles. The van der Waals surface area contributed by atoms with Gasteiger partial charge in [-0.3, -0.25) is 4.79 Å². The smallest absolute Gasteiger partial charge is 0.220 e. The van der Waals surface area contributed by atoms with Crippen LogP contribution in [0.3, 0.4) is 0 Å². The van der Waals surface area contributed by atoms with Crippen LogP contribution in [0.5, 0.6) is 0 Å². The van der Waals surface area contributed by atoms with Crippen LogP contribution in [0.25, 0.3) is 0 Å². The molecule has 0 aromatic heterocycles. The van der Waals surface area contributed by atoms with E-state index >= 15 is 0 Å². The predicted octanol–water partition coefficient (Wildman–Crippen LogP) is 4.88. The van der Waals surface area contributed by atoms with Crippen LogP contribution in [0.4, 0.5) is 5.69 Å². The molecule has 1 atom stereocenters. The molecule has 2 aromatic carbocycles. The summed E-state index contributed by atoms with van der Waals surface area (Å²) >= 11 is 3.45. The Morgan fingerprint density at radius 3 is 2.43 bits per heavy atom. The summed E-state index contributed by atoms with van der Waals surface area (Å²) in [4.78, 5) is 14.6. The zero-order valence-corrected chi connectivity index (χ0v) is 18.1. The molecule has 1 amide bonds. The van der Waals surface area contributed by atoms with Gasteiger partial charge in [0, 0.05) is 29.7 Å². The monoisotopic (exact) mass is 444 g/mol. The van der Waals surface area contributed by atoms with Crippen molar-refractivity contribution < 1.29 is 9.53 Å². The molecular weight excluding hydrogens is 416 g/mol. The molecule has 5 heteroatoms. The quantitative estimate of drug-likeness (QED) is 0.590. The minimum atomic E-state index is 0.0257. The highest BCUT2D eigenvalue weighted by Crippen LogP contribution is 2.20. The molecule has 1 aliphatic rings. The Balaban J connectivity index is 1.39. The molecule has 28 heavy (non-hydrogen) atoms. The number of unbranched alkanes of at least 4 members (excludes halogenated alkanes) is 1. The Labute approximate surface area is 176 Å². The number of halogens is 1. The van der Waals surface area contributed by atoms with Gasteiger partial charge in [-0.05, 0) is 61.6 Å². The van der Waals surface area contributed by atoms with Crippen molar-refractivity contribution in [3.05, 3.63) is 64.1 Å². The van der Waals surface area contributed by atoms with Crippen molar-refractivity contribution in [2.24, 2.45) is 0 Å². The Morgan fingerprint density at radius 1 is 1.07 bits per heavy atom. The van der Waals surface area contributed by atoms with Crippen molar-refractivity contribution in [3.8, 4) is 0 Å². The van der Waals surface area contributed by atoms with Gasteiger partial charge in [-0.25, -0.2) is 0 Å². The van der Waals surface area contributed by atoms with Crippen molar-refractivity contribution >= 4 is 27.5 Å². The minimum absolute atomic E-state index is 0.0257. The average Bonchev–Trinajstić information content (AvgIpc) is 2.73. The Hall–Kier alpha value is -1.85. The SMILES string of the molecule is CC(NC(=O)CCCCc1ccc(Br)cc1)c1ccc(N2CCOCC2)cc1. The molecular formula is C23H29BrN2O2. The number of carbonyl (C=O) groups is 1. The average molecular weight is 445 g/mol. The summed E-state index contributed by atoms with van der Waals surface area (Å²) in [6, 6.07) is 16.9. The van der Waals surface area contributed by atoms with Gasteiger partial charge in [-0.15, -0.1) is 0 Å². The fraction of sp³-hybridized carbons (Fsp3) is 0.435. The maximum absolute atomic E-state index is 12.3. The first-order valence-electron chi connectivity index (χ1n) is 10.1. The molecule has 1 N–H and O–H groups in total. The van der Waals surface area contributed by atoms with E-state index in [-0.39, 0.29) is 11.9 Å². The number of anilines is 1. The van der Waals surface area contributed by atoms with Gasteiger partial charge < -0.3 is 15.0 Å². The molecule has 0 aliphatic carbocycles. The van der Waals surface area contributed by atoms with Crippen LogP contribution in [0.15, 0.2) is 53.0 Å². The summed E-state index contributed by atoms with van der Waals surface area (Å²) in [7, 11) is 0. The predicted molar refractivity (Wildman–Crippen MR) is 118 cm³/mol. The Morgan fingerprint density at radius 2 is 1.75 bits per heavy atom. The first-order chi connectivity index (χ1) is 13.6. The molecule has 1 unspecified atom stereocenters. The van der Waals surface area contributed by atoms with Gasteiger partial charge in [0.1, 0.15) is 0 Å². The lowest BCUT2D eigenvalue weighted by atomic mass is 10.1. The van der Waals surface area contributed by atoms with Crippen molar-refractivity contribution in [3.63, 3.8) is 0 Å². The van der Waals surface area contributed by atoms with Crippen molar-refractivity contribution in [1.29, 1.82) is 0 Å². The Bertz CT molecular complexity index is 740. The topological polar surface area (TPSA) is 41.6 Å². The number of nitrogens with one attached hydrogen (secondary N) is 1. The number of amides is 1. The second-order valence-corrected chi connectivity index (χ2v) is 8.23. The molecule has 1 aliphatic heterocycles. The molecule has 2 aromatic rings. The molecule has 4 nitrogen and oxygen atoms in total. The maximum atomic E-state index is 12.3. The minimum Gasteiger partial charge on any atom is -0.378 e. The number of ether oxygens (including phenoxy) is 1. The molecule has 1 fully saturated rings. The first-order valence-corrected chi connectivity index (χ1v) is 10.9. The lowest BCUT2D eigenvalue weighted by molar-refractivity contribution is -0.121. The highest BCUT2D eigenvalue weighted by molar-refractivity contribution is 9.10. The number of hydrogen-bond donors (Lipinski definition) is 1. The van der Waals surface area contributed by atoms with Crippen LogP contribution < -0.4 is 10.2 Å². The highest BCUT2D eigenvalue weighted by atomic mass is 79.9. The van der Waals surface area contributed by atoms with Crippen LogP contribution in [0.2, 0.25) is 0 Å². The molecule has 3 rings (SSSR count). The fourth-order valence-electron chi connectivity index (χ4n) is 3.46. The third-order valence-electron chi connectivity index (χ3n) is 5.18. The van der Waals surface area contributed by atoms with Gasteiger partial charge in [0.25, 0.3) is 0 Å². The van der Waals surface area contributed by atoms with Crippen molar-refractivity contribution in [1.82, 2.24) is 5.32 Å². The number of morpholine rings is 1. The zero-order chi connectivity index (χ0) is 19.8. The largest absolute Gasteiger partial charge is 0.378 e. The fourth-order valence-corrected chi connectivity index (χ4v) is 3.72. The number of carbonyl (C=O) groups excluding carboxylic acids is 1. The van der Waals surface area contributed by atoms with E-state index in [0.29, 0.717) is 6.42 Å². The van der Waals surface area contributed by atoms with E-state index in [9.17, 15) is 4.79 Å². The van der Waals surface area contributed by atoms with Crippen molar-refractivity contribution in [2.45, 2.75) is 38.6 Å². The van der Waals surface area contributed by atoms with Crippen LogP contribution in [0, 0.1) is 0 Å². The van der Waals surface area contributed by atoms with E-state index in [1.54, 1.807) is 0 Å². The van der Waals surface area contributed by atoms with E-state index in [1.807, 2.05) is 6.92 Å². The highest BCUT2D eigenvalue weighted by Gasteiger charge is 2.13. The van der Waals surface area contributed by atoms with E-state index < -0.39 is 0 Å². The van der Waals surface area contributed by atoms with Crippen LogP contribution in [-0.4, -0.2) is 32.2 Å². The summed E-state index contributed by atoms with van der Waals surface area (Å²) in [5, 5.41) is 3.12. The molecule has 0 saturated carbocycles. The molecule has 0 radical (unpaired) electrons. The molecule has 0 spiro atoms. The molecule has 1 saturated heterocycles. The third kappa shape index (κ3) is 6.35. The number of aryl methyl sites for hydroxylation is 1. The lowest BCUT2D eigenvalue weighted by Crippen LogP contribution is -2.36. The van der Waals surface area contributed by atoms with E-state index in [0.717, 1.165) is 55.6 Å². The van der Waals surface area contributed by atoms with Gasteiger partial charge >= 0.3 is 0 Å². The van der Waals surface area contributed by atoms with Gasteiger partial charge in [-0.1, -0.05) is 40.2 Å². The van der Waals surface area contributed by atoms with E-state index in [4.69, 9.17) is 4.74 Å². The lowest BCUT2D eigenvalue weighted by Gasteiger charge is -2.29. The summed E-state index contributed by atoms with van der Waals surface area (Å²) in [6.45, 7) is 5.49. The summed E-state index contributed by atoms with van der Waals surface area (Å²) in [6.07, 6.45) is 3.52. The number of rotatable bonds is 8. The second kappa shape index (κ2) is 10.6. The third-order valence-corrected chi connectivity index (χ3v) is 5.71. The Kier molecular flexibility index (Phi) is 7.92. The first kappa shape index (κ1) is 20.9. The summed E-state index contributed by atoms with van der Waals surface area (Å²) < 4.78 is 6.51. The molecule has 150 valence electrons. The van der Waals surface area contributed by atoms with Gasteiger partial charge in [0.05, 0.1) is 19.3 Å². The standard InChI is InChI=1S/C23H29BrN2O2/c1-18(20-8-12-22(13-9-20)26-14-16-28-17-15-26)25-23(27)5-3-2-4-19-6-10-21(24)11-7-19/h6-13,18H,2-5,14-17H2,1H3,(H,25,27). The van der Waals surface area contributed by atoms with E-state index in [1.165, 1.54) is 11.3 Å². The number of benzene rings is 2. The van der Waals surface area contributed by atoms with Crippen LogP contribution in [-0.2, 0) is 16.0 Å². The van der Waals surface area contributed by atoms with Gasteiger partial charge in [0.2, 0.25) is 5.91 Å². The second-order valence-electron chi connectivity index (χ2n) is 7.31. The number of nitrogens with zero attached hydrogens (tertiary/aromatic N) is 1. The van der Waals surface area contributed by atoms with Crippen LogP contribution >= 0.6 is 15.9 Å². The van der Waals surface area contributed by atoms with Crippen LogP contribution in [0.1, 0.15) is 43.4 Å². The van der Waals surface area contributed by atoms with E-state index in [2.05, 4.69) is 74.7 Å². The summed E-state index contributed by atoms with van der Waals surface area (Å²) in [5.74, 6) is 0.126. The summed E-state index contributed by atoms with van der Waals surface area (Å²) in [5.41, 5.74) is 3.68. The van der Waals surface area contributed by atoms with Crippen molar-refractivity contribution in [2.75, 3.05) is 31.2 Å².